The van der Waals surface area contributed by atoms with Crippen LogP contribution in [0.1, 0.15) is 39.4 Å². The lowest BCUT2D eigenvalue weighted by atomic mass is 10.2. The fraction of sp³-hybridized carbons (Fsp3) is 0.800. The summed E-state index contributed by atoms with van der Waals surface area (Å²) < 4.78 is 1.90. The van der Waals surface area contributed by atoms with Gasteiger partial charge in [-0.1, -0.05) is 13.8 Å². The molecule has 126 valence electrons. The van der Waals surface area contributed by atoms with Gasteiger partial charge in [-0.05, 0) is 39.4 Å². The number of guanidine groups is 1. The number of nitrogens with zero attached hydrogens (tertiary/aromatic N) is 5. The van der Waals surface area contributed by atoms with Gasteiger partial charge in [-0.25, -0.2) is 0 Å². The van der Waals surface area contributed by atoms with E-state index < -0.39 is 0 Å². The van der Waals surface area contributed by atoms with Crippen molar-refractivity contribution in [2.24, 2.45) is 12.0 Å². The third kappa shape index (κ3) is 6.43. The summed E-state index contributed by atoms with van der Waals surface area (Å²) in [5.41, 5.74) is 0. The van der Waals surface area contributed by atoms with Crippen molar-refractivity contribution in [3.63, 3.8) is 0 Å². The molecule has 1 aromatic heterocycles. The Hall–Kier alpha value is -1.63. The van der Waals surface area contributed by atoms with Crippen molar-refractivity contribution in [2.75, 3.05) is 26.7 Å². The van der Waals surface area contributed by atoms with Crippen molar-refractivity contribution in [3.05, 3.63) is 12.2 Å². The first-order valence-corrected chi connectivity index (χ1v) is 8.13. The van der Waals surface area contributed by atoms with Crippen LogP contribution in [0.3, 0.4) is 0 Å². The Morgan fingerprint density at radius 1 is 1.41 bits per heavy atom. The quantitative estimate of drug-likeness (QED) is 0.526. The van der Waals surface area contributed by atoms with Gasteiger partial charge in [0.05, 0.1) is 6.54 Å². The van der Waals surface area contributed by atoms with Crippen LogP contribution in [0.2, 0.25) is 0 Å². The minimum absolute atomic E-state index is 0.390. The van der Waals surface area contributed by atoms with Crippen LogP contribution in [0.25, 0.3) is 0 Å². The molecule has 0 bridgehead atoms. The average Bonchev–Trinajstić information content (AvgIpc) is 2.93. The summed E-state index contributed by atoms with van der Waals surface area (Å²) in [4.78, 5) is 6.71. The maximum atomic E-state index is 4.26. The van der Waals surface area contributed by atoms with Gasteiger partial charge in [0, 0.05) is 20.1 Å². The Bertz CT molecular complexity index is 437. The molecule has 1 atom stereocenters. The number of aromatic nitrogens is 3. The fourth-order valence-corrected chi connectivity index (χ4v) is 2.29. The van der Waals surface area contributed by atoms with Gasteiger partial charge in [0.2, 0.25) is 0 Å². The van der Waals surface area contributed by atoms with Crippen molar-refractivity contribution in [3.8, 4) is 0 Å². The van der Waals surface area contributed by atoms with Crippen LogP contribution in [0.5, 0.6) is 0 Å². The largest absolute Gasteiger partial charge is 0.354 e. The van der Waals surface area contributed by atoms with Crippen LogP contribution in [-0.4, -0.2) is 58.3 Å². The molecule has 1 aromatic rings. The second-order valence-electron chi connectivity index (χ2n) is 5.50. The molecule has 0 amide bonds. The molecule has 0 aliphatic carbocycles. The Balaban J connectivity index is 2.28. The lowest BCUT2D eigenvalue weighted by Gasteiger charge is -2.21. The predicted molar refractivity (Wildman–Crippen MR) is 90.8 cm³/mol. The zero-order chi connectivity index (χ0) is 16.4. The van der Waals surface area contributed by atoms with E-state index in [9.17, 15) is 0 Å². The SMILES string of the molecule is CCN(CC)CCCC(C)NC(=NC)NCc1nncn1C. The molecular weight excluding hydrogens is 278 g/mol. The summed E-state index contributed by atoms with van der Waals surface area (Å²) in [7, 11) is 3.72. The van der Waals surface area contributed by atoms with Crippen LogP contribution in [0, 0.1) is 0 Å². The molecule has 0 aliphatic rings. The molecule has 1 heterocycles. The van der Waals surface area contributed by atoms with E-state index in [1.807, 2.05) is 11.6 Å². The van der Waals surface area contributed by atoms with Gasteiger partial charge < -0.3 is 20.1 Å². The summed E-state index contributed by atoms with van der Waals surface area (Å²) in [6.45, 7) is 10.6. The molecule has 0 fully saturated rings. The monoisotopic (exact) mass is 309 g/mol. The smallest absolute Gasteiger partial charge is 0.191 e. The van der Waals surface area contributed by atoms with E-state index in [1.165, 1.54) is 6.42 Å². The van der Waals surface area contributed by atoms with Gasteiger partial charge in [-0.3, -0.25) is 4.99 Å². The van der Waals surface area contributed by atoms with Gasteiger partial charge in [0.25, 0.3) is 0 Å². The molecule has 0 spiro atoms. The van der Waals surface area contributed by atoms with E-state index in [0.717, 1.165) is 37.8 Å². The molecule has 7 nitrogen and oxygen atoms in total. The second-order valence-corrected chi connectivity index (χ2v) is 5.50. The minimum Gasteiger partial charge on any atom is -0.354 e. The van der Waals surface area contributed by atoms with Crippen LogP contribution in [0.4, 0.5) is 0 Å². The lowest BCUT2D eigenvalue weighted by molar-refractivity contribution is 0.292. The Kier molecular flexibility index (Phi) is 8.50. The normalized spacial score (nSPS) is 13.5. The van der Waals surface area contributed by atoms with E-state index in [-0.39, 0.29) is 0 Å². The number of aliphatic imine (C=N–C) groups is 1. The summed E-state index contributed by atoms with van der Waals surface area (Å²) >= 11 is 0. The summed E-state index contributed by atoms with van der Waals surface area (Å²) in [5, 5.41) is 14.6. The highest BCUT2D eigenvalue weighted by Gasteiger charge is 2.07. The predicted octanol–water partition coefficient (Wildman–Crippen LogP) is 0.991. The van der Waals surface area contributed by atoms with Crippen LogP contribution < -0.4 is 10.6 Å². The first-order valence-electron chi connectivity index (χ1n) is 8.13. The van der Waals surface area contributed by atoms with Gasteiger partial charge in [0.1, 0.15) is 6.33 Å². The minimum atomic E-state index is 0.390. The molecule has 0 radical (unpaired) electrons. The third-order valence-electron chi connectivity index (χ3n) is 3.83. The van der Waals surface area contributed by atoms with Crippen molar-refractivity contribution in [1.82, 2.24) is 30.3 Å². The maximum absolute atomic E-state index is 4.26. The van der Waals surface area contributed by atoms with Crippen molar-refractivity contribution >= 4 is 5.96 Å². The van der Waals surface area contributed by atoms with Crippen LogP contribution >= 0.6 is 0 Å². The molecule has 2 N–H and O–H groups in total. The summed E-state index contributed by atoms with van der Waals surface area (Å²) in [6.07, 6.45) is 4.01. The van der Waals surface area contributed by atoms with Crippen LogP contribution in [-0.2, 0) is 13.6 Å². The first kappa shape index (κ1) is 18.4. The maximum Gasteiger partial charge on any atom is 0.191 e. The van der Waals surface area contributed by atoms with E-state index in [1.54, 1.807) is 13.4 Å². The molecule has 0 saturated carbocycles. The van der Waals surface area contributed by atoms with E-state index in [4.69, 9.17) is 0 Å². The molecule has 1 rings (SSSR count). The standard InChI is InChI=1S/C15H31N7/c1-6-22(7-2)10-8-9-13(3)19-15(16-4)17-11-14-20-18-12-21(14)5/h12-13H,6-11H2,1-5H3,(H2,16,17,19). The fourth-order valence-electron chi connectivity index (χ4n) is 2.29. The zero-order valence-electron chi connectivity index (χ0n) is 14.6. The summed E-state index contributed by atoms with van der Waals surface area (Å²) in [5.74, 6) is 1.69. The van der Waals surface area contributed by atoms with Crippen molar-refractivity contribution in [2.45, 2.75) is 46.2 Å². The molecular formula is C15H31N7. The molecule has 1 unspecified atom stereocenters. The number of hydrogen-bond acceptors (Lipinski definition) is 4. The van der Waals surface area contributed by atoms with Gasteiger partial charge in [-0.15, -0.1) is 10.2 Å². The highest BCUT2D eigenvalue weighted by molar-refractivity contribution is 5.79. The number of hydrogen-bond donors (Lipinski definition) is 2. The number of nitrogens with one attached hydrogen (secondary N) is 2. The van der Waals surface area contributed by atoms with Gasteiger partial charge >= 0.3 is 0 Å². The average molecular weight is 309 g/mol. The molecule has 0 aromatic carbocycles. The molecule has 0 aliphatic heterocycles. The Morgan fingerprint density at radius 3 is 2.68 bits per heavy atom. The van der Waals surface area contributed by atoms with Crippen molar-refractivity contribution in [1.29, 1.82) is 0 Å². The third-order valence-corrected chi connectivity index (χ3v) is 3.83. The highest BCUT2D eigenvalue weighted by Crippen LogP contribution is 2.00. The second kappa shape index (κ2) is 10.2. The van der Waals surface area contributed by atoms with E-state index in [0.29, 0.717) is 12.6 Å². The van der Waals surface area contributed by atoms with Crippen LogP contribution in [0.15, 0.2) is 11.3 Å². The molecule has 0 saturated heterocycles. The Morgan fingerprint density at radius 2 is 2.14 bits per heavy atom. The lowest BCUT2D eigenvalue weighted by Crippen LogP contribution is -2.42. The van der Waals surface area contributed by atoms with E-state index >= 15 is 0 Å². The topological polar surface area (TPSA) is 70.4 Å². The number of rotatable bonds is 9. The van der Waals surface area contributed by atoms with Crippen molar-refractivity contribution < 1.29 is 0 Å². The van der Waals surface area contributed by atoms with Gasteiger partial charge in [0.15, 0.2) is 11.8 Å². The zero-order valence-corrected chi connectivity index (χ0v) is 14.6. The van der Waals surface area contributed by atoms with Gasteiger partial charge in [-0.2, -0.15) is 0 Å². The molecule has 22 heavy (non-hydrogen) atoms. The number of aryl methyl sites for hydroxylation is 1. The first-order chi connectivity index (χ1) is 10.6. The van der Waals surface area contributed by atoms with E-state index in [2.05, 4.69) is 51.5 Å². The Labute approximate surface area is 134 Å². The molecule has 7 heteroatoms. The highest BCUT2D eigenvalue weighted by atomic mass is 15.3. The summed E-state index contributed by atoms with van der Waals surface area (Å²) in [6, 6.07) is 0.390.